The van der Waals surface area contributed by atoms with Crippen molar-refractivity contribution >= 4 is 43.2 Å². The van der Waals surface area contributed by atoms with Gasteiger partial charge in [0.2, 0.25) is 0 Å². The Balaban J connectivity index is 2.01. The van der Waals surface area contributed by atoms with Crippen molar-refractivity contribution in [3.63, 3.8) is 0 Å². The zero-order valence-corrected chi connectivity index (χ0v) is 13.6. The van der Waals surface area contributed by atoms with Crippen LogP contribution in [0.25, 0.3) is 0 Å². The molecule has 96 valence electrons. The Morgan fingerprint density at radius 2 is 2.00 bits per heavy atom. The molecule has 0 bridgehead atoms. The van der Waals surface area contributed by atoms with Crippen molar-refractivity contribution in [3.8, 4) is 5.75 Å². The Labute approximate surface area is 127 Å². The number of halogens is 2. The highest BCUT2D eigenvalue weighted by Crippen LogP contribution is 2.28. The van der Waals surface area contributed by atoms with E-state index in [0.717, 1.165) is 20.4 Å². The highest BCUT2D eigenvalue weighted by atomic mass is 79.9. The van der Waals surface area contributed by atoms with E-state index < -0.39 is 0 Å². The summed E-state index contributed by atoms with van der Waals surface area (Å²) in [4.78, 5) is 1.19. The topological polar surface area (TPSA) is 35.2 Å². The normalized spacial score (nSPS) is 10.6. The van der Waals surface area contributed by atoms with E-state index in [2.05, 4.69) is 50.1 Å². The minimum absolute atomic E-state index is 0.588. The summed E-state index contributed by atoms with van der Waals surface area (Å²) in [5, 5.41) is 0. The van der Waals surface area contributed by atoms with Crippen molar-refractivity contribution in [1.29, 1.82) is 0 Å². The van der Waals surface area contributed by atoms with Gasteiger partial charge < -0.3 is 10.5 Å². The molecule has 0 atom stereocenters. The Hall–Kier alpha value is -0.360. The highest BCUT2D eigenvalue weighted by molar-refractivity contribution is 9.11. The van der Waals surface area contributed by atoms with Crippen molar-refractivity contribution in [1.82, 2.24) is 0 Å². The molecular weight excluding hydrogens is 378 g/mol. The standard InChI is InChI=1S/C13H13Br2NOS/c14-11-7-9(5-6-16)1-3-12(11)17-8-10-2-4-13(15)18-10/h1-4,7H,5-6,8,16H2. The van der Waals surface area contributed by atoms with E-state index in [1.165, 1.54) is 10.4 Å². The molecule has 0 radical (unpaired) electrons. The van der Waals surface area contributed by atoms with Gasteiger partial charge in [-0.1, -0.05) is 6.07 Å². The molecule has 5 heteroatoms. The molecule has 2 aromatic rings. The van der Waals surface area contributed by atoms with Crippen molar-refractivity contribution < 1.29 is 4.74 Å². The predicted octanol–water partition coefficient (Wildman–Crippen LogP) is 4.35. The number of benzene rings is 1. The lowest BCUT2D eigenvalue weighted by Gasteiger charge is -2.08. The molecule has 0 aliphatic heterocycles. The molecule has 2 rings (SSSR count). The fourth-order valence-electron chi connectivity index (χ4n) is 1.56. The molecule has 1 heterocycles. The molecule has 2 nitrogen and oxygen atoms in total. The average Bonchev–Trinajstić information content (AvgIpc) is 2.74. The van der Waals surface area contributed by atoms with Gasteiger partial charge in [0.15, 0.2) is 0 Å². The lowest BCUT2D eigenvalue weighted by Crippen LogP contribution is -2.02. The first-order valence-electron chi connectivity index (χ1n) is 5.54. The lowest BCUT2D eigenvalue weighted by molar-refractivity contribution is 0.307. The molecule has 0 aliphatic rings. The first-order chi connectivity index (χ1) is 8.69. The summed E-state index contributed by atoms with van der Waals surface area (Å²) < 4.78 is 7.88. The van der Waals surface area contributed by atoms with Gasteiger partial charge in [-0.25, -0.2) is 0 Å². The molecule has 2 N–H and O–H groups in total. The van der Waals surface area contributed by atoms with Crippen LogP contribution in [0.2, 0.25) is 0 Å². The second-order valence-corrected chi connectivity index (χ2v) is 7.20. The lowest BCUT2D eigenvalue weighted by atomic mass is 10.1. The van der Waals surface area contributed by atoms with E-state index in [1.807, 2.05) is 12.1 Å². The molecule has 0 aliphatic carbocycles. The minimum atomic E-state index is 0.588. The predicted molar refractivity (Wildman–Crippen MR) is 83.3 cm³/mol. The van der Waals surface area contributed by atoms with Crippen LogP contribution in [0.3, 0.4) is 0 Å². The first-order valence-corrected chi connectivity index (χ1v) is 7.95. The van der Waals surface area contributed by atoms with Crippen molar-refractivity contribution in [3.05, 3.63) is 49.0 Å². The Morgan fingerprint density at radius 1 is 1.17 bits per heavy atom. The van der Waals surface area contributed by atoms with Crippen LogP contribution in [-0.4, -0.2) is 6.54 Å². The number of thiophene rings is 1. The maximum atomic E-state index is 5.78. The summed E-state index contributed by atoms with van der Waals surface area (Å²) in [6.07, 6.45) is 0.886. The van der Waals surface area contributed by atoms with Crippen LogP contribution in [0.5, 0.6) is 5.75 Å². The van der Waals surface area contributed by atoms with Gasteiger partial charge in [-0.15, -0.1) is 11.3 Å². The molecular formula is C13H13Br2NOS. The SMILES string of the molecule is NCCc1ccc(OCc2ccc(Br)s2)c(Br)c1. The third-order valence-electron chi connectivity index (χ3n) is 2.43. The number of rotatable bonds is 5. The van der Waals surface area contributed by atoms with Gasteiger partial charge in [0.1, 0.15) is 12.4 Å². The molecule has 0 spiro atoms. The molecule has 18 heavy (non-hydrogen) atoms. The largest absolute Gasteiger partial charge is 0.487 e. The van der Waals surface area contributed by atoms with E-state index in [0.29, 0.717) is 13.2 Å². The van der Waals surface area contributed by atoms with Crippen LogP contribution in [-0.2, 0) is 13.0 Å². The molecule has 1 aromatic carbocycles. The summed E-state index contributed by atoms with van der Waals surface area (Å²) in [6.45, 7) is 1.25. The van der Waals surface area contributed by atoms with Gasteiger partial charge in [-0.3, -0.25) is 0 Å². The zero-order chi connectivity index (χ0) is 13.0. The van der Waals surface area contributed by atoms with E-state index in [-0.39, 0.29) is 0 Å². The Bertz CT molecular complexity index is 527. The molecule has 0 saturated heterocycles. The van der Waals surface area contributed by atoms with Crippen molar-refractivity contribution in [2.45, 2.75) is 13.0 Å². The van der Waals surface area contributed by atoms with Gasteiger partial charge in [0, 0.05) is 4.88 Å². The maximum absolute atomic E-state index is 5.78. The zero-order valence-electron chi connectivity index (χ0n) is 9.66. The van der Waals surface area contributed by atoms with Crippen LogP contribution in [0, 0.1) is 0 Å². The third-order valence-corrected chi connectivity index (χ3v) is 4.64. The first kappa shape index (κ1) is 14.1. The second-order valence-electron chi connectivity index (χ2n) is 3.80. The van der Waals surface area contributed by atoms with Crippen LogP contribution in [0.15, 0.2) is 38.6 Å². The van der Waals surface area contributed by atoms with Gasteiger partial charge in [0.05, 0.1) is 8.26 Å². The fraction of sp³-hybridized carbons (Fsp3) is 0.231. The van der Waals surface area contributed by atoms with Crippen LogP contribution >= 0.6 is 43.2 Å². The minimum Gasteiger partial charge on any atom is -0.487 e. The third kappa shape index (κ3) is 3.82. The number of hydrogen-bond acceptors (Lipinski definition) is 3. The van der Waals surface area contributed by atoms with E-state index in [1.54, 1.807) is 11.3 Å². The molecule has 0 amide bonds. The van der Waals surface area contributed by atoms with Crippen LogP contribution in [0.1, 0.15) is 10.4 Å². The fourth-order valence-corrected chi connectivity index (χ4v) is 3.50. The van der Waals surface area contributed by atoms with Gasteiger partial charge in [-0.2, -0.15) is 0 Å². The summed E-state index contributed by atoms with van der Waals surface area (Å²) >= 11 is 8.65. The molecule has 0 saturated carbocycles. The Morgan fingerprint density at radius 3 is 2.61 bits per heavy atom. The van der Waals surface area contributed by atoms with Gasteiger partial charge >= 0.3 is 0 Å². The van der Waals surface area contributed by atoms with Gasteiger partial charge in [-0.05, 0) is 74.7 Å². The van der Waals surface area contributed by atoms with E-state index >= 15 is 0 Å². The quantitative estimate of drug-likeness (QED) is 0.823. The summed E-state index contributed by atoms with van der Waals surface area (Å²) in [6, 6.07) is 10.2. The number of nitrogens with two attached hydrogens (primary N) is 1. The number of ether oxygens (including phenoxy) is 1. The summed E-state index contributed by atoms with van der Waals surface area (Å²) in [7, 11) is 0. The summed E-state index contributed by atoms with van der Waals surface area (Å²) in [5.41, 5.74) is 6.75. The maximum Gasteiger partial charge on any atom is 0.134 e. The smallest absolute Gasteiger partial charge is 0.134 e. The molecule has 0 unspecified atom stereocenters. The van der Waals surface area contributed by atoms with Crippen LogP contribution in [0.4, 0.5) is 0 Å². The highest BCUT2D eigenvalue weighted by Gasteiger charge is 2.04. The van der Waals surface area contributed by atoms with Crippen molar-refractivity contribution in [2.75, 3.05) is 6.54 Å². The second kappa shape index (κ2) is 6.70. The average molecular weight is 391 g/mol. The monoisotopic (exact) mass is 389 g/mol. The van der Waals surface area contributed by atoms with Gasteiger partial charge in [0.25, 0.3) is 0 Å². The number of hydrogen-bond donors (Lipinski definition) is 1. The molecule has 1 aromatic heterocycles. The van der Waals surface area contributed by atoms with Crippen LogP contribution < -0.4 is 10.5 Å². The van der Waals surface area contributed by atoms with Crippen molar-refractivity contribution in [2.24, 2.45) is 5.73 Å². The Kier molecular flexibility index (Phi) is 5.24. The van der Waals surface area contributed by atoms with E-state index in [4.69, 9.17) is 10.5 Å². The summed E-state index contributed by atoms with van der Waals surface area (Å²) in [5.74, 6) is 0.861. The van der Waals surface area contributed by atoms with E-state index in [9.17, 15) is 0 Å². The molecule has 0 fully saturated rings.